The quantitative estimate of drug-likeness (QED) is 0.494. The highest BCUT2D eigenvalue weighted by Gasteiger charge is 2.45. The Kier molecular flexibility index (Phi) is 3.83. The van der Waals surface area contributed by atoms with E-state index in [0.29, 0.717) is 5.82 Å². The molecule has 2 aromatic heterocycles. The van der Waals surface area contributed by atoms with Crippen molar-refractivity contribution >= 4 is 16.7 Å². The van der Waals surface area contributed by atoms with Crippen LogP contribution in [-0.4, -0.2) is 29.0 Å². The van der Waals surface area contributed by atoms with E-state index >= 15 is 0 Å². The lowest BCUT2D eigenvalue weighted by atomic mass is 9.97. The third-order valence-electron chi connectivity index (χ3n) is 4.94. The Balaban J connectivity index is 1.74. The Morgan fingerprint density at radius 2 is 1.68 bits per heavy atom. The average molecular weight is 372 g/mol. The molecule has 5 rings (SSSR count). The van der Waals surface area contributed by atoms with Gasteiger partial charge in [0.25, 0.3) is 5.92 Å². The molecule has 0 unspecified atom stereocenters. The fourth-order valence-corrected chi connectivity index (χ4v) is 3.60. The number of benzene rings is 2. The van der Waals surface area contributed by atoms with Crippen molar-refractivity contribution in [1.82, 2.24) is 9.97 Å². The van der Waals surface area contributed by atoms with E-state index in [1.165, 1.54) is 0 Å². The van der Waals surface area contributed by atoms with Gasteiger partial charge in [0.2, 0.25) is 0 Å². The number of halogens is 2. The summed E-state index contributed by atoms with van der Waals surface area (Å²) in [4.78, 5) is 10.9. The molecule has 0 amide bonds. The Hall–Kier alpha value is -3.34. The standard InChI is InChI=1S/C23H16F2N3/c24-23(25)14-28(15-23)22-19-13-18(16-7-3-1-4-8-16)21(17-9-5-2-6-10-17)27-20(19)11-12-26-22/h1,3-13H,14-15H2. The molecule has 28 heavy (non-hydrogen) atoms. The van der Waals surface area contributed by atoms with Crippen molar-refractivity contribution in [3.8, 4) is 22.4 Å². The summed E-state index contributed by atoms with van der Waals surface area (Å²) >= 11 is 0. The number of hydrogen-bond donors (Lipinski definition) is 0. The van der Waals surface area contributed by atoms with Crippen LogP contribution in [0.25, 0.3) is 33.3 Å². The molecule has 2 aromatic carbocycles. The molecule has 1 fully saturated rings. The van der Waals surface area contributed by atoms with E-state index in [2.05, 4.69) is 11.1 Å². The Labute approximate surface area is 161 Å². The van der Waals surface area contributed by atoms with E-state index < -0.39 is 5.92 Å². The van der Waals surface area contributed by atoms with E-state index in [4.69, 9.17) is 4.98 Å². The molecule has 137 valence electrons. The minimum Gasteiger partial charge on any atom is -0.344 e. The third-order valence-corrected chi connectivity index (χ3v) is 4.94. The first-order chi connectivity index (χ1) is 13.6. The minimum absolute atomic E-state index is 0.309. The summed E-state index contributed by atoms with van der Waals surface area (Å²) in [5.74, 6) is -2.10. The highest BCUT2D eigenvalue weighted by atomic mass is 19.3. The Morgan fingerprint density at radius 1 is 0.929 bits per heavy atom. The van der Waals surface area contributed by atoms with Crippen LogP contribution in [0.4, 0.5) is 14.6 Å². The molecule has 1 aliphatic rings. The highest BCUT2D eigenvalue weighted by Crippen LogP contribution is 2.38. The van der Waals surface area contributed by atoms with Gasteiger partial charge in [0.05, 0.1) is 24.3 Å². The van der Waals surface area contributed by atoms with E-state index in [1.807, 2.05) is 66.7 Å². The summed E-state index contributed by atoms with van der Waals surface area (Å²) in [5.41, 5.74) is 4.53. The second kappa shape index (κ2) is 6.37. The maximum Gasteiger partial charge on any atom is 0.282 e. The summed E-state index contributed by atoms with van der Waals surface area (Å²) in [6, 6.07) is 24.5. The zero-order chi connectivity index (χ0) is 19.1. The molecule has 4 aromatic rings. The second-order valence-electron chi connectivity index (χ2n) is 6.95. The summed E-state index contributed by atoms with van der Waals surface area (Å²) in [7, 11) is 0. The molecule has 1 saturated heterocycles. The number of anilines is 1. The molecule has 0 bridgehead atoms. The van der Waals surface area contributed by atoms with Gasteiger partial charge in [-0.05, 0) is 23.8 Å². The fraction of sp³-hybridized carbons (Fsp3) is 0.130. The number of pyridine rings is 2. The van der Waals surface area contributed by atoms with Gasteiger partial charge in [0.15, 0.2) is 0 Å². The van der Waals surface area contributed by atoms with Gasteiger partial charge in [-0.25, -0.2) is 18.7 Å². The lowest BCUT2D eigenvalue weighted by Crippen LogP contribution is -2.56. The van der Waals surface area contributed by atoms with E-state index in [-0.39, 0.29) is 13.1 Å². The lowest BCUT2D eigenvalue weighted by Gasteiger charge is -2.40. The van der Waals surface area contributed by atoms with Crippen molar-refractivity contribution < 1.29 is 8.78 Å². The molecule has 0 aliphatic carbocycles. The monoisotopic (exact) mass is 372 g/mol. The molecule has 5 heteroatoms. The first-order valence-electron chi connectivity index (χ1n) is 9.05. The van der Waals surface area contributed by atoms with Gasteiger partial charge >= 0.3 is 0 Å². The van der Waals surface area contributed by atoms with Crippen LogP contribution in [0.3, 0.4) is 0 Å². The first kappa shape index (κ1) is 16.8. The maximum absolute atomic E-state index is 13.4. The second-order valence-corrected chi connectivity index (χ2v) is 6.95. The predicted molar refractivity (Wildman–Crippen MR) is 106 cm³/mol. The van der Waals surface area contributed by atoms with Crippen molar-refractivity contribution in [2.24, 2.45) is 0 Å². The molecule has 1 radical (unpaired) electrons. The van der Waals surface area contributed by atoms with Crippen LogP contribution >= 0.6 is 0 Å². The van der Waals surface area contributed by atoms with E-state index in [0.717, 1.165) is 33.3 Å². The van der Waals surface area contributed by atoms with Crippen LogP contribution in [0.15, 0.2) is 72.9 Å². The molecule has 3 heterocycles. The lowest BCUT2D eigenvalue weighted by molar-refractivity contribution is -0.0265. The van der Waals surface area contributed by atoms with Crippen LogP contribution in [0.1, 0.15) is 0 Å². The van der Waals surface area contributed by atoms with Gasteiger partial charge in [0, 0.05) is 22.7 Å². The predicted octanol–water partition coefficient (Wildman–Crippen LogP) is 5.22. The van der Waals surface area contributed by atoms with Gasteiger partial charge in [0.1, 0.15) is 5.82 Å². The van der Waals surface area contributed by atoms with Crippen LogP contribution < -0.4 is 4.90 Å². The average Bonchev–Trinajstić information content (AvgIpc) is 2.72. The van der Waals surface area contributed by atoms with Gasteiger partial charge in [-0.1, -0.05) is 54.6 Å². The maximum atomic E-state index is 13.4. The third kappa shape index (κ3) is 2.89. The molecule has 1 aliphatic heterocycles. The topological polar surface area (TPSA) is 29.0 Å². The molecule has 0 saturated carbocycles. The number of hydrogen-bond acceptors (Lipinski definition) is 3. The number of fused-ring (bicyclic) bond motifs is 1. The Bertz CT molecular complexity index is 1140. The summed E-state index contributed by atoms with van der Waals surface area (Å²) in [6.45, 7) is -0.619. The highest BCUT2D eigenvalue weighted by molar-refractivity contribution is 5.97. The number of rotatable bonds is 3. The van der Waals surface area contributed by atoms with Crippen LogP contribution in [0.5, 0.6) is 0 Å². The smallest absolute Gasteiger partial charge is 0.282 e. The number of aromatic nitrogens is 2. The van der Waals surface area contributed by atoms with Gasteiger partial charge in [-0.3, -0.25) is 0 Å². The van der Waals surface area contributed by atoms with Crippen molar-refractivity contribution in [3.63, 3.8) is 0 Å². The number of alkyl halides is 2. The molecule has 0 N–H and O–H groups in total. The fourth-order valence-electron chi connectivity index (χ4n) is 3.60. The largest absolute Gasteiger partial charge is 0.344 e. The van der Waals surface area contributed by atoms with Crippen LogP contribution in [0, 0.1) is 6.07 Å². The summed E-state index contributed by atoms with van der Waals surface area (Å²) in [5, 5.41) is 0.781. The van der Waals surface area contributed by atoms with Gasteiger partial charge < -0.3 is 4.90 Å². The zero-order valence-electron chi connectivity index (χ0n) is 14.9. The van der Waals surface area contributed by atoms with Crippen molar-refractivity contribution in [1.29, 1.82) is 0 Å². The summed E-state index contributed by atoms with van der Waals surface area (Å²) in [6.07, 6.45) is 1.63. The normalized spacial score (nSPS) is 15.4. The molecule has 3 nitrogen and oxygen atoms in total. The minimum atomic E-state index is -2.65. The van der Waals surface area contributed by atoms with Gasteiger partial charge in [-0.2, -0.15) is 0 Å². The van der Waals surface area contributed by atoms with Crippen molar-refractivity contribution in [2.75, 3.05) is 18.0 Å². The van der Waals surface area contributed by atoms with Crippen LogP contribution in [-0.2, 0) is 0 Å². The molecule has 0 atom stereocenters. The SMILES string of the molecule is FC1(F)CN(c2nccc3nc(-c4cc[c]cc4)c(-c4ccccc4)cc23)C1. The molecule has 0 spiro atoms. The first-order valence-corrected chi connectivity index (χ1v) is 9.05. The van der Waals surface area contributed by atoms with Crippen LogP contribution in [0.2, 0.25) is 0 Å². The van der Waals surface area contributed by atoms with Crippen molar-refractivity contribution in [3.05, 3.63) is 79.0 Å². The van der Waals surface area contributed by atoms with E-state index in [9.17, 15) is 8.78 Å². The molecular weight excluding hydrogens is 356 g/mol. The van der Waals surface area contributed by atoms with E-state index in [1.54, 1.807) is 11.1 Å². The Morgan fingerprint density at radius 3 is 2.39 bits per heavy atom. The van der Waals surface area contributed by atoms with Gasteiger partial charge in [-0.15, -0.1) is 0 Å². The van der Waals surface area contributed by atoms with Crippen molar-refractivity contribution in [2.45, 2.75) is 5.92 Å². The number of nitrogens with zero attached hydrogens (tertiary/aromatic N) is 3. The zero-order valence-corrected chi connectivity index (χ0v) is 14.9. The summed E-state index contributed by atoms with van der Waals surface area (Å²) < 4.78 is 26.8. The molecular formula is C23H16F2N3.